The van der Waals surface area contributed by atoms with E-state index in [2.05, 4.69) is 5.32 Å². The Morgan fingerprint density at radius 3 is 2.29 bits per heavy atom. The molecule has 5 heteroatoms. The zero-order valence-electron chi connectivity index (χ0n) is 16.5. The minimum atomic E-state index is -1.13. The predicted octanol–water partition coefficient (Wildman–Crippen LogP) is 4.91. The van der Waals surface area contributed by atoms with Crippen LogP contribution in [-0.4, -0.2) is 23.1 Å². The second-order valence-corrected chi connectivity index (χ2v) is 8.05. The Bertz CT molecular complexity index is 683. The van der Waals surface area contributed by atoms with Crippen molar-refractivity contribution in [2.24, 2.45) is 5.92 Å². The first-order valence-electron chi connectivity index (χ1n) is 10.6. The lowest BCUT2D eigenvalue weighted by atomic mass is 9.98. The molecule has 2 N–H and O–H groups in total. The Labute approximate surface area is 167 Å². The number of rotatable bonds is 8. The molecule has 0 heterocycles. The molecule has 1 amide bonds. The van der Waals surface area contributed by atoms with Crippen molar-refractivity contribution in [3.05, 3.63) is 35.5 Å². The number of carboxylic acid groups (broad SMARTS) is 1. The summed E-state index contributed by atoms with van der Waals surface area (Å²) in [7, 11) is 0. The molecular weight excluding hydrogens is 354 g/mol. The summed E-state index contributed by atoms with van der Waals surface area (Å²) in [6.45, 7) is 0. The van der Waals surface area contributed by atoms with Crippen LogP contribution < -0.4 is 10.1 Å². The van der Waals surface area contributed by atoms with Crippen molar-refractivity contribution in [1.29, 1.82) is 0 Å². The molecule has 5 nitrogen and oxygen atoms in total. The molecule has 0 aliphatic heterocycles. The largest absolute Gasteiger partial charge is 0.490 e. The van der Waals surface area contributed by atoms with Gasteiger partial charge in [-0.3, -0.25) is 4.79 Å². The molecule has 1 aromatic rings. The molecule has 3 rings (SSSR count). The first kappa shape index (κ1) is 20.4. The normalized spacial score (nSPS) is 18.8. The number of nitrogens with one attached hydrogen (secondary N) is 1. The summed E-state index contributed by atoms with van der Waals surface area (Å²) in [6, 6.07) is 7.38. The maximum Gasteiger partial charge on any atom is 0.352 e. The number of carboxylic acids is 1. The van der Waals surface area contributed by atoms with Crippen LogP contribution in [-0.2, 0) is 9.59 Å². The van der Waals surface area contributed by atoms with E-state index in [0.29, 0.717) is 12.3 Å². The summed E-state index contributed by atoms with van der Waals surface area (Å²) >= 11 is 0. The van der Waals surface area contributed by atoms with Crippen LogP contribution in [0, 0.1) is 5.92 Å². The quantitative estimate of drug-likeness (QED) is 0.624. The van der Waals surface area contributed by atoms with Gasteiger partial charge in [0.1, 0.15) is 11.4 Å². The van der Waals surface area contributed by atoms with Crippen LogP contribution in [0.1, 0.15) is 76.2 Å². The molecule has 1 aromatic carbocycles. The van der Waals surface area contributed by atoms with Crippen LogP contribution in [0.4, 0.5) is 0 Å². The summed E-state index contributed by atoms with van der Waals surface area (Å²) in [5.41, 5.74) is 0.641. The van der Waals surface area contributed by atoms with Gasteiger partial charge in [-0.1, -0.05) is 44.2 Å². The third-order valence-corrected chi connectivity index (χ3v) is 5.80. The summed E-state index contributed by atoms with van der Waals surface area (Å²) < 4.78 is 6.00. The van der Waals surface area contributed by atoms with Crippen molar-refractivity contribution in [3.8, 4) is 5.75 Å². The Morgan fingerprint density at radius 1 is 1.00 bits per heavy atom. The number of aliphatic carboxylic acids is 1. The number of ether oxygens (including phenoxy) is 1. The number of hydrogen-bond donors (Lipinski definition) is 2. The maximum atomic E-state index is 12.1. The van der Waals surface area contributed by atoms with E-state index in [-0.39, 0.29) is 17.7 Å². The van der Waals surface area contributed by atoms with E-state index in [9.17, 15) is 14.7 Å². The van der Waals surface area contributed by atoms with E-state index in [1.807, 2.05) is 24.3 Å². The molecule has 28 heavy (non-hydrogen) atoms. The minimum Gasteiger partial charge on any atom is -0.490 e. The predicted molar refractivity (Wildman–Crippen MR) is 109 cm³/mol. The highest BCUT2D eigenvalue weighted by Crippen LogP contribution is 2.28. The van der Waals surface area contributed by atoms with Crippen LogP contribution in [0.25, 0.3) is 6.08 Å². The van der Waals surface area contributed by atoms with Crippen molar-refractivity contribution >= 4 is 18.0 Å². The van der Waals surface area contributed by atoms with Crippen LogP contribution in [0.2, 0.25) is 0 Å². The van der Waals surface area contributed by atoms with Gasteiger partial charge in [-0.2, -0.15) is 0 Å². The van der Waals surface area contributed by atoms with Gasteiger partial charge in [0.15, 0.2) is 0 Å². The summed E-state index contributed by atoms with van der Waals surface area (Å²) in [4.78, 5) is 23.7. The Balaban J connectivity index is 1.54. The molecule has 2 saturated carbocycles. The van der Waals surface area contributed by atoms with E-state index in [1.54, 1.807) is 0 Å². The molecule has 0 saturated heterocycles. The highest BCUT2D eigenvalue weighted by Gasteiger charge is 2.18. The third kappa shape index (κ3) is 6.39. The fourth-order valence-corrected chi connectivity index (χ4v) is 4.18. The van der Waals surface area contributed by atoms with E-state index < -0.39 is 5.97 Å². The maximum absolute atomic E-state index is 12.1. The van der Waals surface area contributed by atoms with Crippen molar-refractivity contribution < 1.29 is 19.4 Å². The number of benzene rings is 1. The topological polar surface area (TPSA) is 75.6 Å². The minimum absolute atomic E-state index is 0.0858. The van der Waals surface area contributed by atoms with E-state index >= 15 is 0 Å². The highest BCUT2D eigenvalue weighted by atomic mass is 16.5. The molecule has 0 bridgehead atoms. The molecule has 152 valence electrons. The van der Waals surface area contributed by atoms with Gasteiger partial charge in [0, 0.05) is 6.42 Å². The van der Waals surface area contributed by atoms with Gasteiger partial charge in [0.25, 0.3) is 0 Å². The Kier molecular flexibility index (Phi) is 7.52. The average molecular weight is 386 g/mol. The van der Waals surface area contributed by atoms with Crippen molar-refractivity contribution in [2.45, 2.75) is 76.7 Å². The number of hydrogen-bond acceptors (Lipinski definition) is 3. The van der Waals surface area contributed by atoms with Gasteiger partial charge >= 0.3 is 5.97 Å². The molecule has 0 spiro atoms. The van der Waals surface area contributed by atoms with Crippen LogP contribution in [0.3, 0.4) is 0 Å². The second kappa shape index (κ2) is 10.3. The molecular formula is C23H31NO4. The smallest absolute Gasteiger partial charge is 0.352 e. The van der Waals surface area contributed by atoms with Crippen molar-refractivity contribution in [1.82, 2.24) is 5.32 Å². The molecule has 0 radical (unpaired) electrons. The van der Waals surface area contributed by atoms with Gasteiger partial charge in [0.05, 0.1) is 6.10 Å². The lowest BCUT2D eigenvalue weighted by Gasteiger charge is -2.23. The fraction of sp³-hybridized carbons (Fsp3) is 0.565. The average Bonchev–Trinajstić information content (AvgIpc) is 3.22. The fourth-order valence-electron chi connectivity index (χ4n) is 4.18. The van der Waals surface area contributed by atoms with Crippen molar-refractivity contribution in [2.75, 3.05) is 0 Å². The van der Waals surface area contributed by atoms with Crippen LogP contribution >= 0.6 is 0 Å². The lowest BCUT2D eigenvalue weighted by molar-refractivity contribution is -0.134. The summed E-state index contributed by atoms with van der Waals surface area (Å²) in [5.74, 6) is 0.0655. The monoisotopic (exact) mass is 385 g/mol. The summed E-state index contributed by atoms with van der Waals surface area (Å²) in [5, 5.41) is 12.0. The van der Waals surface area contributed by atoms with Crippen LogP contribution in [0.5, 0.6) is 5.75 Å². The third-order valence-electron chi connectivity index (χ3n) is 5.80. The first-order chi connectivity index (χ1) is 13.6. The van der Waals surface area contributed by atoms with E-state index in [4.69, 9.17) is 4.74 Å². The second-order valence-electron chi connectivity index (χ2n) is 8.05. The molecule has 2 fully saturated rings. The first-order valence-corrected chi connectivity index (χ1v) is 10.6. The number of amides is 1. The SMILES string of the molecule is O=C(CCC1CCCC1)N/C(=C\c1ccc(OC2CCCCC2)cc1)C(=O)O. The van der Waals surface area contributed by atoms with E-state index in [0.717, 1.165) is 30.6 Å². The Hall–Kier alpha value is -2.30. The van der Waals surface area contributed by atoms with Gasteiger partial charge in [0.2, 0.25) is 5.91 Å². The zero-order valence-corrected chi connectivity index (χ0v) is 16.5. The van der Waals surface area contributed by atoms with E-state index in [1.165, 1.54) is 51.0 Å². The highest BCUT2D eigenvalue weighted by molar-refractivity contribution is 5.96. The van der Waals surface area contributed by atoms with Gasteiger partial charge in [-0.25, -0.2) is 4.79 Å². The summed E-state index contributed by atoms with van der Waals surface area (Å²) in [6.07, 6.45) is 13.8. The van der Waals surface area contributed by atoms with Crippen LogP contribution in [0.15, 0.2) is 30.0 Å². The van der Waals surface area contributed by atoms with Gasteiger partial charge in [-0.15, -0.1) is 0 Å². The molecule has 0 aromatic heterocycles. The number of carbonyl (C=O) groups is 2. The molecule has 2 aliphatic carbocycles. The lowest BCUT2D eigenvalue weighted by Crippen LogP contribution is -2.27. The standard InChI is InChI=1S/C23H31NO4/c25-22(15-12-17-6-4-5-7-17)24-21(23(26)27)16-18-10-13-20(14-11-18)28-19-8-2-1-3-9-19/h10-11,13-14,16-17,19H,1-9,12,15H2,(H,24,25)(H,26,27)/b21-16-. The molecule has 0 atom stereocenters. The van der Waals surface area contributed by atoms with Gasteiger partial charge in [-0.05, 0) is 61.8 Å². The van der Waals surface area contributed by atoms with Gasteiger partial charge < -0.3 is 15.2 Å². The molecule has 2 aliphatic rings. The Morgan fingerprint density at radius 2 is 1.64 bits per heavy atom. The number of carbonyl (C=O) groups excluding carboxylic acids is 1. The molecule has 0 unspecified atom stereocenters. The zero-order chi connectivity index (χ0) is 19.8. The van der Waals surface area contributed by atoms with Crippen molar-refractivity contribution in [3.63, 3.8) is 0 Å².